The smallest absolute Gasteiger partial charge is 0.345 e. The minimum atomic E-state index is -3.26. The number of nitrogens with two attached hydrogens (primary N) is 1. The topological polar surface area (TPSA) is 140 Å². The van der Waals surface area contributed by atoms with E-state index in [1.165, 1.54) is 0 Å². The van der Waals surface area contributed by atoms with Crippen molar-refractivity contribution in [3.8, 4) is 0 Å². The minimum Gasteiger partial charge on any atom is -0.480 e. The lowest BCUT2D eigenvalue weighted by molar-refractivity contribution is -0.152. The Morgan fingerprint density at radius 3 is 1.85 bits per heavy atom. The molecule has 0 heterocycles. The molecule has 0 aliphatic carbocycles. The van der Waals surface area contributed by atoms with Gasteiger partial charge in [-0.1, -0.05) is 13.8 Å². The fourth-order valence-electron chi connectivity index (χ4n) is 1.85. The number of carboxylic acids is 1. The molecule has 0 bridgehead atoms. The highest BCUT2D eigenvalue weighted by Gasteiger charge is 2.29. The second-order valence-electron chi connectivity index (χ2n) is 5.88. The Kier molecular flexibility index (Phi) is 11.5. The average molecular weight is 405 g/mol. The molecule has 5 N–H and O–H groups in total. The predicted octanol–water partition coefficient (Wildman–Crippen LogP) is -0.108. The molecule has 0 spiro atoms. The number of rotatable bonds is 13. The largest absolute Gasteiger partial charge is 0.480 e. The van der Waals surface area contributed by atoms with E-state index in [1.807, 2.05) is 5.32 Å². The molecule has 0 rings (SSSR count). The number of hydrogen-bond acceptors (Lipinski definition) is 6. The summed E-state index contributed by atoms with van der Waals surface area (Å²) in [6.45, 7) is -4.94. The summed E-state index contributed by atoms with van der Waals surface area (Å²) in [5.74, 6) is -3.74. The number of aliphatic carboxylic acids is 1. The van der Waals surface area contributed by atoms with Crippen molar-refractivity contribution in [2.75, 3.05) is 13.2 Å². The lowest BCUT2D eigenvalue weighted by Crippen LogP contribution is -2.57. The van der Waals surface area contributed by atoms with Crippen LogP contribution >= 0.6 is 0 Å². The van der Waals surface area contributed by atoms with Crippen molar-refractivity contribution in [2.45, 2.75) is 51.6 Å². The van der Waals surface area contributed by atoms with Crippen molar-refractivity contribution in [2.24, 2.45) is 11.7 Å². The average Bonchev–Trinajstić information content (AvgIpc) is 2.54. The Morgan fingerprint density at radius 1 is 0.926 bits per heavy atom. The van der Waals surface area contributed by atoms with Crippen LogP contribution in [0.15, 0.2) is 0 Å². The third kappa shape index (κ3) is 11.4. The maximum atomic E-state index is 12.2. The zero-order valence-corrected chi connectivity index (χ0v) is 14.7. The maximum absolute atomic E-state index is 12.2. The summed E-state index contributed by atoms with van der Waals surface area (Å²) in [6.07, 6.45) is 0.0409. The Hall–Kier alpha value is -1.99. The molecule has 0 saturated carbocycles. The van der Waals surface area contributed by atoms with Crippen LogP contribution in [0.1, 0.15) is 20.3 Å². The number of carbonyl (C=O) groups is 3. The molecule has 0 fully saturated rings. The molecule has 0 saturated heterocycles. The van der Waals surface area contributed by atoms with Gasteiger partial charge in [-0.3, -0.25) is 9.59 Å². The van der Waals surface area contributed by atoms with Gasteiger partial charge in [-0.25, -0.2) is 4.79 Å². The second kappa shape index (κ2) is 12.4. The van der Waals surface area contributed by atoms with Gasteiger partial charge in [0.05, 0.1) is 13.2 Å². The summed E-state index contributed by atoms with van der Waals surface area (Å²) in [6, 6.07) is -4.68. The third-order valence-electron chi connectivity index (χ3n) is 3.08. The fourth-order valence-corrected chi connectivity index (χ4v) is 1.85. The summed E-state index contributed by atoms with van der Waals surface area (Å²) in [5, 5.41) is 13.1. The first kappa shape index (κ1) is 25.0. The van der Waals surface area contributed by atoms with Crippen LogP contribution in [0.5, 0.6) is 0 Å². The zero-order chi connectivity index (χ0) is 21.1. The molecule has 0 aromatic heterocycles. The summed E-state index contributed by atoms with van der Waals surface area (Å²) in [7, 11) is 0. The number of carbonyl (C=O) groups excluding carboxylic acids is 2. The first-order chi connectivity index (χ1) is 12.4. The molecule has 0 aromatic carbocycles. The van der Waals surface area contributed by atoms with E-state index in [0.717, 1.165) is 0 Å². The van der Waals surface area contributed by atoms with Crippen LogP contribution in [0.3, 0.4) is 0 Å². The third-order valence-corrected chi connectivity index (χ3v) is 3.08. The molecule has 13 heteroatoms. The highest BCUT2D eigenvalue weighted by Crippen LogP contribution is 2.06. The maximum Gasteiger partial charge on any atom is 0.345 e. The summed E-state index contributed by atoms with van der Waals surface area (Å²) < 4.78 is 56.2. The molecule has 0 radical (unpaired) electrons. The Morgan fingerprint density at radius 2 is 1.41 bits per heavy atom. The van der Waals surface area contributed by atoms with Gasteiger partial charge in [0.25, 0.3) is 0 Å². The van der Waals surface area contributed by atoms with Gasteiger partial charge in [-0.2, -0.15) is 17.6 Å². The van der Waals surface area contributed by atoms with Crippen molar-refractivity contribution in [1.82, 2.24) is 10.6 Å². The number of hydrogen-bond donors (Lipinski definition) is 4. The number of amides is 2. The molecule has 2 amide bonds. The molecule has 0 aromatic rings. The van der Waals surface area contributed by atoms with Gasteiger partial charge >= 0.3 is 19.2 Å². The SMILES string of the molecule is CC(C)C[C@H](NC(=O)[C@H](COC(F)F)NC(=O)[C@@H](N)COC(F)F)C(=O)O. The van der Waals surface area contributed by atoms with Crippen LogP contribution in [-0.2, 0) is 23.9 Å². The van der Waals surface area contributed by atoms with Crippen molar-refractivity contribution in [3.63, 3.8) is 0 Å². The monoisotopic (exact) mass is 405 g/mol. The van der Waals surface area contributed by atoms with Gasteiger partial charge in [0.2, 0.25) is 11.8 Å². The van der Waals surface area contributed by atoms with Crippen molar-refractivity contribution in [1.29, 1.82) is 0 Å². The van der Waals surface area contributed by atoms with E-state index in [0.29, 0.717) is 0 Å². The van der Waals surface area contributed by atoms with Gasteiger partial charge in [0.1, 0.15) is 18.1 Å². The van der Waals surface area contributed by atoms with Crippen LogP contribution in [0.4, 0.5) is 17.6 Å². The number of nitrogens with one attached hydrogen (secondary N) is 2. The lowest BCUT2D eigenvalue weighted by Gasteiger charge is -2.23. The highest BCUT2D eigenvalue weighted by atomic mass is 19.3. The van der Waals surface area contributed by atoms with E-state index in [1.54, 1.807) is 13.8 Å². The molecule has 27 heavy (non-hydrogen) atoms. The Labute approximate surface area is 152 Å². The standard InChI is InChI=1S/C14H23F4N3O6/c1-6(2)3-8(12(24)25)20-11(23)9(5-27-14(17)18)21-10(22)7(19)4-26-13(15)16/h6-9,13-14H,3-5,19H2,1-2H3,(H,20,23)(H,21,22)(H,24,25)/t7-,8-,9-/m0/s1. The quantitative estimate of drug-likeness (QED) is 0.314. The van der Waals surface area contributed by atoms with Gasteiger partial charge in [0, 0.05) is 0 Å². The van der Waals surface area contributed by atoms with Crippen LogP contribution < -0.4 is 16.4 Å². The molecule has 0 aliphatic heterocycles. The lowest BCUT2D eigenvalue weighted by atomic mass is 10.0. The first-order valence-electron chi connectivity index (χ1n) is 7.82. The van der Waals surface area contributed by atoms with E-state index in [4.69, 9.17) is 10.8 Å². The van der Waals surface area contributed by atoms with Crippen molar-refractivity contribution < 1.29 is 46.5 Å². The van der Waals surface area contributed by atoms with E-state index in [-0.39, 0.29) is 12.3 Å². The minimum absolute atomic E-state index is 0.0409. The van der Waals surface area contributed by atoms with Gasteiger partial charge in [-0.05, 0) is 12.3 Å². The molecule has 9 nitrogen and oxygen atoms in total. The highest BCUT2D eigenvalue weighted by molar-refractivity contribution is 5.91. The number of carboxylic acid groups (broad SMARTS) is 1. The normalized spacial score (nSPS) is 14.9. The Bertz CT molecular complexity index is 495. The molecule has 0 aliphatic rings. The second-order valence-corrected chi connectivity index (χ2v) is 5.88. The van der Waals surface area contributed by atoms with Crippen LogP contribution in [0, 0.1) is 5.92 Å². The van der Waals surface area contributed by atoms with E-state index in [2.05, 4.69) is 14.8 Å². The number of alkyl halides is 4. The van der Waals surface area contributed by atoms with E-state index < -0.39 is 62.3 Å². The van der Waals surface area contributed by atoms with E-state index in [9.17, 15) is 31.9 Å². The van der Waals surface area contributed by atoms with Gasteiger partial charge in [-0.15, -0.1) is 0 Å². The van der Waals surface area contributed by atoms with Crippen molar-refractivity contribution in [3.05, 3.63) is 0 Å². The molecule has 0 unspecified atom stereocenters. The molecule has 158 valence electrons. The zero-order valence-electron chi connectivity index (χ0n) is 14.7. The summed E-state index contributed by atoms with van der Waals surface area (Å²) in [4.78, 5) is 35.2. The van der Waals surface area contributed by atoms with Gasteiger partial charge in [0.15, 0.2) is 0 Å². The van der Waals surface area contributed by atoms with Gasteiger partial charge < -0.3 is 30.9 Å². The molecular formula is C14H23F4N3O6. The summed E-state index contributed by atoms with van der Waals surface area (Å²) in [5.41, 5.74) is 5.30. The van der Waals surface area contributed by atoms with Crippen LogP contribution in [0.2, 0.25) is 0 Å². The first-order valence-corrected chi connectivity index (χ1v) is 7.82. The molecular weight excluding hydrogens is 382 g/mol. The predicted molar refractivity (Wildman–Crippen MR) is 82.8 cm³/mol. The van der Waals surface area contributed by atoms with Crippen LogP contribution in [-0.4, -0.2) is 67.5 Å². The van der Waals surface area contributed by atoms with Crippen LogP contribution in [0.25, 0.3) is 0 Å². The number of ether oxygens (including phenoxy) is 2. The summed E-state index contributed by atoms with van der Waals surface area (Å²) >= 11 is 0. The van der Waals surface area contributed by atoms with E-state index >= 15 is 0 Å². The molecule has 3 atom stereocenters. The Balaban J connectivity index is 5.02. The van der Waals surface area contributed by atoms with Crippen molar-refractivity contribution >= 4 is 17.8 Å². The number of halogens is 4. The fraction of sp³-hybridized carbons (Fsp3) is 0.786.